The lowest BCUT2D eigenvalue weighted by Gasteiger charge is -2.32. The van der Waals surface area contributed by atoms with E-state index in [0.717, 1.165) is 13.8 Å². The summed E-state index contributed by atoms with van der Waals surface area (Å²) in [7, 11) is 0. The molecule has 7 heteroatoms. The van der Waals surface area contributed by atoms with Crippen LogP contribution in [0.2, 0.25) is 0 Å². The lowest BCUT2D eigenvalue weighted by atomic mass is 9.74. The molecule has 0 radical (unpaired) electrons. The molecule has 0 saturated heterocycles. The minimum Gasteiger partial charge on any atom is -0.481 e. The van der Waals surface area contributed by atoms with E-state index in [1.54, 1.807) is 0 Å². The third-order valence-electron chi connectivity index (χ3n) is 2.79. The number of ether oxygens (including phenoxy) is 1. The van der Waals surface area contributed by atoms with Crippen LogP contribution in [0.1, 0.15) is 33.6 Å². The van der Waals surface area contributed by atoms with Gasteiger partial charge in [0.15, 0.2) is 11.2 Å². The van der Waals surface area contributed by atoms with Gasteiger partial charge in [-0.25, -0.2) is 0 Å². The van der Waals surface area contributed by atoms with E-state index in [4.69, 9.17) is 9.84 Å². The van der Waals surface area contributed by atoms with Crippen LogP contribution in [0.5, 0.6) is 0 Å². The van der Waals surface area contributed by atoms with Crippen molar-refractivity contribution in [1.82, 2.24) is 0 Å². The van der Waals surface area contributed by atoms with Crippen LogP contribution in [-0.2, 0) is 23.9 Å². The van der Waals surface area contributed by atoms with E-state index >= 15 is 0 Å². The molecule has 0 aliphatic carbocycles. The summed E-state index contributed by atoms with van der Waals surface area (Å²) in [5.41, 5.74) is -2.02. The predicted molar refractivity (Wildman–Crippen MR) is 58.8 cm³/mol. The highest BCUT2D eigenvalue weighted by Crippen LogP contribution is 2.33. The molecule has 0 aliphatic heterocycles. The second-order valence-corrected chi connectivity index (χ2v) is 3.88. The Balaban J connectivity index is 5.58. The van der Waals surface area contributed by atoms with Crippen molar-refractivity contribution in [2.75, 3.05) is 0 Å². The van der Waals surface area contributed by atoms with Crippen molar-refractivity contribution in [3.8, 4) is 0 Å². The smallest absolute Gasteiger partial charge is 0.321 e. The van der Waals surface area contributed by atoms with Crippen molar-refractivity contribution in [1.29, 1.82) is 0 Å². The fourth-order valence-corrected chi connectivity index (χ4v) is 1.82. The first-order chi connectivity index (χ1) is 8.18. The summed E-state index contributed by atoms with van der Waals surface area (Å²) in [5.74, 6) is -4.42. The van der Waals surface area contributed by atoms with E-state index in [1.807, 2.05) is 0 Å². The minimum atomic E-state index is -2.02. The first-order valence-electron chi connectivity index (χ1n) is 5.31. The summed E-state index contributed by atoms with van der Waals surface area (Å²) in [5, 5.41) is 17.9. The number of hydrogen-bond donors (Lipinski definition) is 2. The molecular formula is C11H16O7. The molecule has 0 aromatic rings. The van der Waals surface area contributed by atoms with Crippen molar-refractivity contribution in [2.24, 2.45) is 5.41 Å². The van der Waals surface area contributed by atoms with Gasteiger partial charge in [0.05, 0.1) is 6.42 Å². The maximum Gasteiger partial charge on any atom is 0.321 e. The Morgan fingerprint density at radius 3 is 1.89 bits per heavy atom. The Labute approximate surface area is 104 Å². The van der Waals surface area contributed by atoms with Gasteiger partial charge in [-0.15, -0.1) is 0 Å². The zero-order valence-electron chi connectivity index (χ0n) is 10.4. The summed E-state index contributed by atoms with van der Waals surface area (Å²) in [6.07, 6.45) is -2.42. The van der Waals surface area contributed by atoms with Gasteiger partial charge in [0.1, 0.15) is 6.10 Å². The molecule has 0 aliphatic rings. The van der Waals surface area contributed by atoms with Crippen LogP contribution in [0.3, 0.4) is 0 Å². The number of carboxylic acid groups (broad SMARTS) is 2. The molecule has 18 heavy (non-hydrogen) atoms. The molecule has 0 rings (SSSR count). The molecule has 102 valence electrons. The van der Waals surface area contributed by atoms with E-state index in [2.05, 4.69) is 0 Å². The van der Waals surface area contributed by atoms with Crippen molar-refractivity contribution in [2.45, 2.75) is 39.7 Å². The number of aliphatic carboxylic acids is 2. The number of carboxylic acids is 2. The molecule has 0 bridgehead atoms. The van der Waals surface area contributed by atoms with Gasteiger partial charge >= 0.3 is 17.9 Å². The SMILES string of the molecule is CCC(C(C)=O)(C(=O)O)[C@@H](CC(=O)O)OC(C)=O. The summed E-state index contributed by atoms with van der Waals surface area (Å²) in [6, 6.07) is 0. The van der Waals surface area contributed by atoms with E-state index < -0.39 is 41.6 Å². The van der Waals surface area contributed by atoms with E-state index in [9.17, 15) is 24.3 Å². The monoisotopic (exact) mass is 260 g/mol. The summed E-state index contributed by atoms with van der Waals surface area (Å²) < 4.78 is 4.72. The Morgan fingerprint density at radius 1 is 1.17 bits per heavy atom. The van der Waals surface area contributed by atoms with Crippen LogP contribution in [0, 0.1) is 5.41 Å². The van der Waals surface area contributed by atoms with E-state index in [0.29, 0.717) is 0 Å². The van der Waals surface area contributed by atoms with E-state index in [1.165, 1.54) is 6.92 Å². The number of hydrogen-bond acceptors (Lipinski definition) is 5. The lowest BCUT2D eigenvalue weighted by Crippen LogP contribution is -2.50. The Kier molecular flexibility index (Phi) is 5.48. The fourth-order valence-electron chi connectivity index (χ4n) is 1.82. The second-order valence-electron chi connectivity index (χ2n) is 3.88. The van der Waals surface area contributed by atoms with Crippen molar-refractivity contribution in [3.63, 3.8) is 0 Å². The maximum atomic E-state index is 11.6. The fraction of sp³-hybridized carbons (Fsp3) is 0.636. The molecule has 2 N–H and O–H groups in total. The molecule has 0 spiro atoms. The van der Waals surface area contributed by atoms with Gasteiger partial charge < -0.3 is 14.9 Å². The van der Waals surface area contributed by atoms with Crippen LogP contribution in [0.25, 0.3) is 0 Å². The van der Waals surface area contributed by atoms with Gasteiger partial charge in [-0.2, -0.15) is 0 Å². The largest absolute Gasteiger partial charge is 0.481 e. The molecule has 0 saturated carbocycles. The number of rotatable bonds is 7. The summed E-state index contributed by atoms with van der Waals surface area (Å²) in [4.78, 5) is 44.5. The standard InChI is InChI=1S/C11H16O7/c1-4-11(6(2)12,10(16)17)8(5-9(14)15)18-7(3)13/h8H,4-5H2,1-3H3,(H,14,15)(H,16,17)/t8-,11?/m1/s1. The molecule has 0 aromatic carbocycles. The average molecular weight is 260 g/mol. The van der Waals surface area contributed by atoms with Gasteiger partial charge in [0, 0.05) is 6.92 Å². The second kappa shape index (κ2) is 6.13. The highest BCUT2D eigenvalue weighted by molar-refractivity contribution is 6.03. The van der Waals surface area contributed by atoms with Gasteiger partial charge in [0.2, 0.25) is 0 Å². The van der Waals surface area contributed by atoms with Gasteiger partial charge in [-0.1, -0.05) is 6.92 Å². The molecule has 0 amide bonds. The lowest BCUT2D eigenvalue weighted by molar-refractivity contribution is -0.173. The average Bonchev–Trinajstić information content (AvgIpc) is 2.15. The number of ketones is 1. The van der Waals surface area contributed by atoms with Crippen LogP contribution in [0.15, 0.2) is 0 Å². The topological polar surface area (TPSA) is 118 Å². The quantitative estimate of drug-likeness (QED) is 0.504. The minimum absolute atomic E-state index is 0.164. The van der Waals surface area contributed by atoms with Crippen LogP contribution in [0.4, 0.5) is 0 Å². The number of carbonyl (C=O) groups is 4. The van der Waals surface area contributed by atoms with E-state index in [-0.39, 0.29) is 6.42 Å². The van der Waals surface area contributed by atoms with Crippen molar-refractivity contribution in [3.05, 3.63) is 0 Å². The Hall–Kier alpha value is -1.92. The van der Waals surface area contributed by atoms with Crippen LogP contribution >= 0.6 is 0 Å². The van der Waals surface area contributed by atoms with Crippen molar-refractivity contribution >= 4 is 23.7 Å². The zero-order valence-corrected chi connectivity index (χ0v) is 10.4. The molecule has 0 heterocycles. The third-order valence-corrected chi connectivity index (χ3v) is 2.79. The molecular weight excluding hydrogens is 244 g/mol. The Bertz CT molecular complexity index is 342. The number of Topliss-reactive ketones (excluding diaryl/α,β-unsaturated/α-hetero) is 1. The first kappa shape index (κ1) is 16.1. The number of esters is 1. The van der Waals surface area contributed by atoms with Crippen LogP contribution in [-0.4, -0.2) is 40.0 Å². The predicted octanol–water partition coefficient (Wildman–Crippen LogP) is 0.463. The summed E-state index contributed by atoms with van der Waals surface area (Å²) in [6.45, 7) is 3.49. The highest BCUT2D eigenvalue weighted by Gasteiger charge is 2.51. The van der Waals surface area contributed by atoms with Gasteiger partial charge in [0.25, 0.3) is 0 Å². The molecule has 0 fully saturated rings. The molecule has 2 atom stereocenters. The first-order valence-corrected chi connectivity index (χ1v) is 5.31. The van der Waals surface area contributed by atoms with Gasteiger partial charge in [-0.3, -0.25) is 19.2 Å². The summed E-state index contributed by atoms with van der Waals surface area (Å²) >= 11 is 0. The zero-order chi connectivity index (χ0) is 14.5. The maximum absolute atomic E-state index is 11.6. The van der Waals surface area contributed by atoms with Gasteiger partial charge in [-0.05, 0) is 13.3 Å². The third kappa shape index (κ3) is 3.28. The highest BCUT2D eigenvalue weighted by atomic mass is 16.5. The Morgan fingerprint density at radius 2 is 1.67 bits per heavy atom. The normalized spacial score (nSPS) is 15.3. The molecule has 1 unspecified atom stereocenters. The van der Waals surface area contributed by atoms with Crippen molar-refractivity contribution < 1.29 is 34.1 Å². The van der Waals surface area contributed by atoms with Crippen LogP contribution < -0.4 is 0 Å². The molecule has 0 aromatic heterocycles. The number of carbonyl (C=O) groups excluding carboxylic acids is 2. The molecule has 7 nitrogen and oxygen atoms in total.